The molecule has 0 spiro atoms. The van der Waals surface area contributed by atoms with Gasteiger partial charge in [-0.25, -0.2) is 0 Å². The summed E-state index contributed by atoms with van der Waals surface area (Å²) in [7, 11) is -2.45. The summed E-state index contributed by atoms with van der Waals surface area (Å²) in [5.74, 6) is 0. The summed E-state index contributed by atoms with van der Waals surface area (Å²) < 4.78 is 8.57. The Balaban J connectivity index is 2.12. The number of halogens is 1. The third-order valence-electron chi connectivity index (χ3n) is 6.82. The molecule has 0 amide bonds. The van der Waals surface area contributed by atoms with Gasteiger partial charge in [-0.05, 0) is 28.3 Å². The molecule has 2 rings (SSSR count). The Kier molecular flexibility index (Phi) is 13.3. The van der Waals surface area contributed by atoms with Crippen molar-refractivity contribution in [1.82, 2.24) is 0 Å². The Morgan fingerprint density at radius 3 is 1.58 bits per heavy atom. The van der Waals surface area contributed by atoms with Gasteiger partial charge >= 0.3 is 0 Å². The highest BCUT2D eigenvalue weighted by atomic mass is 127. The van der Waals surface area contributed by atoms with Gasteiger partial charge in [0, 0.05) is 10.5 Å². The summed E-state index contributed by atoms with van der Waals surface area (Å²) in [5.41, 5.74) is 0. The average molecular weight is 579 g/mol. The van der Waals surface area contributed by atoms with Crippen molar-refractivity contribution in [3.63, 3.8) is 0 Å². The second kappa shape index (κ2) is 15.4. The Morgan fingerprint density at radius 2 is 1.15 bits per heavy atom. The highest BCUT2D eigenvalue weighted by molar-refractivity contribution is 14.1. The van der Waals surface area contributed by atoms with Crippen LogP contribution in [-0.2, 0) is 4.43 Å². The highest BCUT2D eigenvalue weighted by Crippen LogP contribution is 2.38. The van der Waals surface area contributed by atoms with Gasteiger partial charge in [-0.3, -0.25) is 0 Å². The molecule has 0 aliphatic rings. The van der Waals surface area contributed by atoms with Crippen molar-refractivity contribution in [2.75, 3.05) is 4.43 Å². The molecule has 0 heterocycles. The molecule has 1 unspecified atom stereocenters. The first kappa shape index (κ1) is 28.6. The fourth-order valence-corrected chi connectivity index (χ4v) is 10.5. The van der Waals surface area contributed by atoms with E-state index in [0.29, 0.717) is 6.10 Å². The molecule has 0 saturated carbocycles. The molecule has 1 atom stereocenters. The SMILES string of the molecule is CCCCCCCCCCCC(CCI)O[Si](c1ccccc1)(c1ccccc1)C(C)(C)C. The van der Waals surface area contributed by atoms with Crippen LogP contribution in [0.4, 0.5) is 0 Å². The van der Waals surface area contributed by atoms with Gasteiger partial charge < -0.3 is 4.43 Å². The lowest BCUT2D eigenvalue weighted by Gasteiger charge is -2.45. The van der Waals surface area contributed by atoms with Gasteiger partial charge in [0.15, 0.2) is 0 Å². The van der Waals surface area contributed by atoms with Gasteiger partial charge in [0.2, 0.25) is 0 Å². The zero-order valence-electron chi connectivity index (χ0n) is 21.6. The lowest BCUT2D eigenvalue weighted by molar-refractivity contribution is 0.171. The number of rotatable bonds is 16. The molecular formula is C30H47IOSi. The van der Waals surface area contributed by atoms with Crippen molar-refractivity contribution in [1.29, 1.82) is 0 Å². The summed E-state index contributed by atoms with van der Waals surface area (Å²) in [6.45, 7) is 9.46. The van der Waals surface area contributed by atoms with E-state index in [1.807, 2.05) is 0 Å². The van der Waals surface area contributed by atoms with E-state index in [2.05, 4.69) is 111 Å². The molecule has 0 saturated heterocycles. The van der Waals surface area contributed by atoms with Crippen molar-refractivity contribution in [2.24, 2.45) is 0 Å². The van der Waals surface area contributed by atoms with Crippen LogP contribution in [0, 0.1) is 0 Å². The van der Waals surface area contributed by atoms with Crippen LogP contribution in [0.3, 0.4) is 0 Å². The minimum atomic E-state index is -2.45. The minimum absolute atomic E-state index is 0.0533. The molecule has 0 aromatic heterocycles. The average Bonchev–Trinajstić information content (AvgIpc) is 2.81. The Labute approximate surface area is 219 Å². The predicted octanol–water partition coefficient (Wildman–Crippen LogP) is 8.68. The molecule has 0 aliphatic heterocycles. The summed E-state index contributed by atoms with van der Waals surface area (Å²) in [6, 6.07) is 22.2. The number of unbranched alkanes of at least 4 members (excludes halogenated alkanes) is 8. The zero-order valence-corrected chi connectivity index (χ0v) is 24.8. The van der Waals surface area contributed by atoms with Crippen molar-refractivity contribution in [3.05, 3.63) is 60.7 Å². The molecule has 0 bridgehead atoms. The van der Waals surface area contributed by atoms with Crippen LogP contribution in [0.25, 0.3) is 0 Å². The van der Waals surface area contributed by atoms with Crippen LogP contribution in [-0.4, -0.2) is 18.8 Å². The van der Waals surface area contributed by atoms with Gasteiger partial charge in [-0.1, -0.05) is 169 Å². The van der Waals surface area contributed by atoms with E-state index in [1.165, 1.54) is 74.6 Å². The van der Waals surface area contributed by atoms with E-state index >= 15 is 0 Å². The first-order chi connectivity index (χ1) is 16.0. The van der Waals surface area contributed by atoms with E-state index in [-0.39, 0.29) is 5.04 Å². The highest BCUT2D eigenvalue weighted by Gasteiger charge is 2.51. The number of benzene rings is 2. The Hall–Kier alpha value is -0.653. The van der Waals surface area contributed by atoms with E-state index in [9.17, 15) is 0 Å². The van der Waals surface area contributed by atoms with Gasteiger partial charge in [0.25, 0.3) is 8.32 Å². The molecule has 0 fully saturated rings. The van der Waals surface area contributed by atoms with Crippen LogP contribution < -0.4 is 10.4 Å². The third-order valence-corrected chi connectivity index (χ3v) is 12.5. The molecule has 3 heteroatoms. The lowest BCUT2D eigenvalue weighted by atomic mass is 10.0. The second-order valence-corrected chi connectivity index (χ2v) is 15.8. The molecule has 0 aliphatic carbocycles. The maximum absolute atomic E-state index is 7.42. The lowest BCUT2D eigenvalue weighted by Crippen LogP contribution is -2.67. The van der Waals surface area contributed by atoms with Crippen molar-refractivity contribution >= 4 is 41.3 Å². The molecule has 1 nitrogen and oxygen atoms in total. The third kappa shape index (κ3) is 8.81. The van der Waals surface area contributed by atoms with Gasteiger partial charge in [0.05, 0.1) is 0 Å². The Morgan fingerprint density at radius 1 is 0.697 bits per heavy atom. The minimum Gasteiger partial charge on any atom is -0.404 e. The van der Waals surface area contributed by atoms with E-state index < -0.39 is 8.32 Å². The normalized spacial score (nSPS) is 13.2. The largest absolute Gasteiger partial charge is 0.404 e. The summed E-state index contributed by atoms with van der Waals surface area (Å²) >= 11 is 2.53. The molecule has 2 aromatic rings. The van der Waals surface area contributed by atoms with Crippen molar-refractivity contribution in [2.45, 2.75) is 109 Å². The molecule has 2 aromatic carbocycles. The van der Waals surface area contributed by atoms with Crippen LogP contribution in [0.2, 0.25) is 5.04 Å². The number of alkyl halides is 1. The standard InChI is InChI=1S/C30H47IOSi/c1-5-6-7-8-9-10-11-12-15-20-27(25-26-31)32-33(30(2,3)4,28-21-16-13-17-22-28)29-23-18-14-19-24-29/h13-14,16-19,21-24,27H,5-12,15,20,25-26H2,1-4H3. The van der Waals surface area contributed by atoms with E-state index in [4.69, 9.17) is 4.43 Å². The first-order valence-electron chi connectivity index (χ1n) is 13.3. The van der Waals surface area contributed by atoms with Crippen LogP contribution in [0.5, 0.6) is 0 Å². The van der Waals surface area contributed by atoms with Crippen LogP contribution in [0.15, 0.2) is 60.7 Å². The van der Waals surface area contributed by atoms with Gasteiger partial charge in [-0.15, -0.1) is 0 Å². The van der Waals surface area contributed by atoms with Crippen LogP contribution >= 0.6 is 22.6 Å². The van der Waals surface area contributed by atoms with Gasteiger partial charge in [0.1, 0.15) is 0 Å². The smallest absolute Gasteiger partial charge is 0.261 e. The zero-order chi connectivity index (χ0) is 24.0. The molecular weight excluding hydrogens is 531 g/mol. The number of hydrogen-bond acceptors (Lipinski definition) is 1. The summed E-state index contributed by atoms with van der Waals surface area (Å²) in [6.07, 6.45) is 15.0. The first-order valence-corrected chi connectivity index (χ1v) is 16.7. The maximum atomic E-state index is 7.42. The molecule has 184 valence electrons. The van der Waals surface area contributed by atoms with Crippen molar-refractivity contribution in [3.8, 4) is 0 Å². The molecule has 0 N–H and O–H groups in total. The van der Waals surface area contributed by atoms with Gasteiger partial charge in [-0.2, -0.15) is 0 Å². The second-order valence-electron chi connectivity index (χ2n) is 10.5. The predicted molar refractivity (Wildman–Crippen MR) is 158 cm³/mol. The van der Waals surface area contributed by atoms with Crippen molar-refractivity contribution < 1.29 is 4.43 Å². The fourth-order valence-electron chi connectivity index (χ4n) is 5.01. The molecule has 0 radical (unpaired) electrons. The van der Waals surface area contributed by atoms with E-state index in [1.54, 1.807) is 0 Å². The summed E-state index contributed by atoms with van der Waals surface area (Å²) in [5, 5.41) is 2.85. The summed E-state index contributed by atoms with van der Waals surface area (Å²) in [4.78, 5) is 0. The molecule has 33 heavy (non-hydrogen) atoms. The topological polar surface area (TPSA) is 9.23 Å². The van der Waals surface area contributed by atoms with Crippen LogP contribution in [0.1, 0.15) is 98.3 Å². The Bertz CT molecular complexity index is 701. The monoisotopic (exact) mass is 578 g/mol. The number of hydrogen-bond donors (Lipinski definition) is 0. The van der Waals surface area contributed by atoms with E-state index in [0.717, 1.165) is 10.8 Å². The maximum Gasteiger partial charge on any atom is 0.261 e. The fraction of sp³-hybridized carbons (Fsp3) is 0.600. The quantitative estimate of drug-likeness (QED) is 0.0838.